The first-order chi connectivity index (χ1) is 12.5. The number of para-hydroxylation sites is 2. The maximum atomic E-state index is 12.3. The van der Waals surface area contributed by atoms with Gasteiger partial charge in [0.1, 0.15) is 5.52 Å². The Hall–Kier alpha value is -2.57. The van der Waals surface area contributed by atoms with Gasteiger partial charge >= 0.3 is 0 Å². The van der Waals surface area contributed by atoms with E-state index in [1.807, 2.05) is 38.1 Å². The number of amides is 2. The summed E-state index contributed by atoms with van der Waals surface area (Å²) in [5.74, 6) is 0.0187. The third-order valence-corrected chi connectivity index (χ3v) is 4.67. The second-order valence-electron chi connectivity index (χ2n) is 6.96. The molecule has 2 heterocycles. The average molecular weight is 358 g/mol. The van der Waals surface area contributed by atoms with Gasteiger partial charge in [0.25, 0.3) is 6.01 Å². The molecule has 1 aromatic heterocycles. The van der Waals surface area contributed by atoms with Gasteiger partial charge in [0, 0.05) is 38.0 Å². The van der Waals surface area contributed by atoms with E-state index in [0.29, 0.717) is 19.1 Å². The van der Waals surface area contributed by atoms with Gasteiger partial charge < -0.3 is 20.0 Å². The summed E-state index contributed by atoms with van der Waals surface area (Å²) in [5.41, 5.74) is 1.64. The minimum absolute atomic E-state index is 0.00331. The van der Waals surface area contributed by atoms with Crippen LogP contribution in [0.25, 0.3) is 11.1 Å². The molecule has 1 aromatic carbocycles. The molecule has 26 heavy (non-hydrogen) atoms. The Morgan fingerprint density at radius 2 is 1.88 bits per heavy atom. The van der Waals surface area contributed by atoms with E-state index in [-0.39, 0.29) is 23.7 Å². The average Bonchev–Trinajstić information content (AvgIpc) is 3.09. The molecule has 3 rings (SSSR count). The van der Waals surface area contributed by atoms with Crippen LogP contribution in [0.2, 0.25) is 0 Å². The Morgan fingerprint density at radius 3 is 2.58 bits per heavy atom. The third kappa shape index (κ3) is 4.33. The van der Waals surface area contributed by atoms with Gasteiger partial charge in [-0.1, -0.05) is 26.0 Å². The molecule has 0 radical (unpaired) electrons. The van der Waals surface area contributed by atoms with Crippen LogP contribution in [0.3, 0.4) is 0 Å². The van der Waals surface area contributed by atoms with Crippen LogP contribution in [-0.4, -0.2) is 43.0 Å². The summed E-state index contributed by atoms with van der Waals surface area (Å²) >= 11 is 0. The van der Waals surface area contributed by atoms with Crippen LogP contribution in [0.4, 0.5) is 6.01 Å². The largest absolute Gasteiger partial charge is 0.423 e. The van der Waals surface area contributed by atoms with E-state index >= 15 is 0 Å². The van der Waals surface area contributed by atoms with E-state index in [4.69, 9.17) is 4.42 Å². The molecule has 140 valence electrons. The molecule has 2 N–H and O–H groups in total. The van der Waals surface area contributed by atoms with Crippen LogP contribution in [-0.2, 0) is 9.59 Å². The molecule has 0 saturated carbocycles. The van der Waals surface area contributed by atoms with E-state index in [9.17, 15) is 9.59 Å². The lowest BCUT2D eigenvalue weighted by molar-refractivity contribution is -0.126. The summed E-state index contributed by atoms with van der Waals surface area (Å²) in [5, 5.41) is 5.71. The first-order valence-electron chi connectivity index (χ1n) is 9.20. The molecule has 1 saturated heterocycles. The number of fused-ring (bicyclic) bond motifs is 1. The molecule has 0 aliphatic carbocycles. The fraction of sp³-hybridized carbons (Fsp3) is 0.526. The summed E-state index contributed by atoms with van der Waals surface area (Å²) in [6, 6.07) is 8.33. The zero-order valence-corrected chi connectivity index (χ0v) is 15.3. The lowest BCUT2D eigenvalue weighted by Crippen LogP contribution is -2.43. The monoisotopic (exact) mass is 358 g/mol. The molecule has 0 unspecified atom stereocenters. The van der Waals surface area contributed by atoms with Crippen LogP contribution in [0, 0.1) is 11.8 Å². The van der Waals surface area contributed by atoms with Crippen molar-refractivity contribution in [1.29, 1.82) is 0 Å². The zero-order valence-electron chi connectivity index (χ0n) is 15.3. The number of hydrogen-bond donors (Lipinski definition) is 2. The zero-order chi connectivity index (χ0) is 18.5. The number of benzene rings is 1. The minimum Gasteiger partial charge on any atom is -0.423 e. The van der Waals surface area contributed by atoms with Crippen molar-refractivity contribution in [2.45, 2.75) is 26.7 Å². The number of nitrogens with one attached hydrogen (secondary N) is 2. The van der Waals surface area contributed by atoms with E-state index in [2.05, 4.69) is 20.5 Å². The Morgan fingerprint density at radius 1 is 1.19 bits per heavy atom. The first-order valence-corrected chi connectivity index (χ1v) is 9.20. The third-order valence-electron chi connectivity index (χ3n) is 4.67. The Labute approximate surface area is 153 Å². The van der Waals surface area contributed by atoms with Crippen LogP contribution in [0.5, 0.6) is 0 Å². The molecule has 0 spiro atoms. The molecular formula is C19H26N4O3. The van der Waals surface area contributed by atoms with Crippen LogP contribution < -0.4 is 15.5 Å². The maximum absolute atomic E-state index is 12.3. The number of piperidine rings is 1. The van der Waals surface area contributed by atoms with Crippen LogP contribution in [0.15, 0.2) is 28.7 Å². The molecule has 2 aromatic rings. The smallest absolute Gasteiger partial charge is 0.298 e. The number of carbonyl (C=O) groups is 2. The lowest BCUT2D eigenvalue weighted by atomic mass is 9.96. The molecule has 0 atom stereocenters. The van der Waals surface area contributed by atoms with Gasteiger partial charge in [-0.15, -0.1) is 0 Å². The summed E-state index contributed by atoms with van der Waals surface area (Å²) < 4.78 is 5.80. The SMILES string of the molecule is CC(C)C(=O)NCCNC(=O)C1CCN(c2nc3ccccc3o2)CC1. The second kappa shape index (κ2) is 8.21. The standard InChI is InChI=1S/C19H26N4O3/c1-13(2)17(24)20-9-10-21-18(25)14-7-11-23(12-8-14)19-22-15-5-3-4-6-16(15)26-19/h3-6,13-14H,7-12H2,1-2H3,(H,20,24)(H,21,25). The van der Waals surface area contributed by atoms with Crippen molar-refractivity contribution in [2.75, 3.05) is 31.1 Å². The number of aromatic nitrogens is 1. The fourth-order valence-electron chi connectivity index (χ4n) is 3.05. The summed E-state index contributed by atoms with van der Waals surface area (Å²) in [4.78, 5) is 30.4. The highest BCUT2D eigenvalue weighted by atomic mass is 16.4. The van der Waals surface area contributed by atoms with Crippen molar-refractivity contribution < 1.29 is 14.0 Å². The van der Waals surface area contributed by atoms with E-state index < -0.39 is 0 Å². The van der Waals surface area contributed by atoms with Gasteiger partial charge in [0.2, 0.25) is 11.8 Å². The number of hydrogen-bond acceptors (Lipinski definition) is 5. The minimum atomic E-state index is -0.0399. The Balaban J connectivity index is 1.43. The lowest BCUT2D eigenvalue weighted by Gasteiger charge is -2.30. The number of anilines is 1. The Bertz CT molecular complexity index is 730. The van der Waals surface area contributed by atoms with E-state index in [1.165, 1.54) is 0 Å². The predicted octanol–water partition coefficient (Wildman–Crippen LogP) is 1.93. The van der Waals surface area contributed by atoms with Crippen molar-refractivity contribution in [1.82, 2.24) is 15.6 Å². The van der Waals surface area contributed by atoms with Crippen molar-refractivity contribution in [3.8, 4) is 0 Å². The maximum Gasteiger partial charge on any atom is 0.298 e. The molecule has 7 nitrogen and oxygen atoms in total. The molecule has 7 heteroatoms. The quantitative estimate of drug-likeness (QED) is 0.771. The topological polar surface area (TPSA) is 87.5 Å². The van der Waals surface area contributed by atoms with Crippen molar-refractivity contribution in [3.63, 3.8) is 0 Å². The number of oxazole rings is 1. The van der Waals surface area contributed by atoms with Crippen LogP contribution >= 0.6 is 0 Å². The van der Waals surface area contributed by atoms with Gasteiger partial charge in [-0.25, -0.2) is 0 Å². The van der Waals surface area contributed by atoms with E-state index in [0.717, 1.165) is 37.0 Å². The predicted molar refractivity (Wildman–Crippen MR) is 99.8 cm³/mol. The number of nitrogens with zero attached hydrogens (tertiary/aromatic N) is 2. The molecule has 1 aliphatic rings. The van der Waals surface area contributed by atoms with Crippen molar-refractivity contribution in [3.05, 3.63) is 24.3 Å². The van der Waals surface area contributed by atoms with Crippen molar-refractivity contribution >= 4 is 28.9 Å². The van der Waals surface area contributed by atoms with Gasteiger partial charge in [0.15, 0.2) is 5.58 Å². The second-order valence-corrected chi connectivity index (χ2v) is 6.96. The van der Waals surface area contributed by atoms with Crippen LogP contribution in [0.1, 0.15) is 26.7 Å². The van der Waals surface area contributed by atoms with Gasteiger partial charge in [0.05, 0.1) is 0 Å². The molecule has 2 amide bonds. The highest BCUT2D eigenvalue weighted by molar-refractivity contribution is 5.80. The van der Waals surface area contributed by atoms with E-state index in [1.54, 1.807) is 0 Å². The highest BCUT2D eigenvalue weighted by Gasteiger charge is 2.27. The summed E-state index contributed by atoms with van der Waals surface area (Å²) in [7, 11) is 0. The van der Waals surface area contributed by atoms with Gasteiger partial charge in [-0.05, 0) is 25.0 Å². The summed E-state index contributed by atoms with van der Waals surface area (Å²) in [6.07, 6.45) is 1.53. The van der Waals surface area contributed by atoms with Gasteiger partial charge in [-0.2, -0.15) is 4.98 Å². The normalized spacial score (nSPS) is 15.4. The molecule has 1 fully saturated rings. The highest BCUT2D eigenvalue weighted by Crippen LogP contribution is 2.26. The summed E-state index contributed by atoms with van der Waals surface area (Å²) in [6.45, 7) is 6.11. The number of carbonyl (C=O) groups excluding carboxylic acids is 2. The first kappa shape index (κ1) is 18.2. The van der Waals surface area contributed by atoms with Gasteiger partial charge in [-0.3, -0.25) is 9.59 Å². The fourth-order valence-corrected chi connectivity index (χ4v) is 3.05. The number of rotatable bonds is 6. The molecule has 1 aliphatic heterocycles. The Kier molecular flexibility index (Phi) is 5.75. The van der Waals surface area contributed by atoms with Crippen molar-refractivity contribution in [2.24, 2.45) is 11.8 Å². The molecular weight excluding hydrogens is 332 g/mol. The molecule has 0 bridgehead atoms.